The standard InChI is InChI=1S/C20H24N2O6S/c1-7-27-19(25)16-9(2)13(6)29-18(16)22-14(24)8-28-20(26)17-10(3)15(12(5)23)11(4)21-17/h21H,7-8H2,1-6H3,(H,22,24). The highest BCUT2D eigenvalue weighted by molar-refractivity contribution is 7.16. The van der Waals surface area contributed by atoms with Crippen LogP contribution in [0.2, 0.25) is 0 Å². The minimum atomic E-state index is -0.739. The second-order valence-electron chi connectivity index (χ2n) is 6.51. The van der Waals surface area contributed by atoms with E-state index in [0.717, 1.165) is 10.4 Å². The first-order chi connectivity index (χ1) is 13.6. The molecule has 0 aromatic carbocycles. The van der Waals surface area contributed by atoms with Crippen LogP contribution >= 0.6 is 11.3 Å². The lowest BCUT2D eigenvalue weighted by Crippen LogP contribution is -2.22. The average molecular weight is 420 g/mol. The van der Waals surface area contributed by atoms with Gasteiger partial charge in [-0.2, -0.15) is 0 Å². The lowest BCUT2D eigenvalue weighted by molar-refractivity contribution is -0.119. The van der Waals surface area contributed by atoms with Crippen molar-refractivity contribution >= 4 is 40.0 Å². The van der Waals surface area contributed by atoms with E-state index in [9.17, 15) is 19.2 Å². The Bertz CT molecular complexity index is 986. The van der Waals surface area contributed by atoms with Crippen LogP contribution in [0.1, 0.15) is 66.7 Å². The zero-order valence-electron chi connectivity index (χ0n) is 17.3. The van der Waals surface area contributed by atoms with E-state index in [4.69, 9.17) is 9.47 Å². The van der Waals surface area contributed by atoms with Crippen LogP contribution in [-0.4, -0.2) is 41.8 Å². The quantitative estimate of drug-likeness (QED) is 0.523. The molecule has 0 radical (unpaired) electrons. The number of rotatable bonds is 7. The molecular weight excluding hydrogens is 396 g/mol. The lowest BCUT2D eigenvalue weighted by atomic mass is 10.1. The summed E-state index contributed by atoms with van der Waals surface area (Å²) in [4.78, 5) is 52.1. The molecule has 156 valence electrons. The normalized spacial score (nSPS) is 10.6. The monoisotopic (exact) mass is 420 g/mol. The summed E-state index contributed by atoms with van der Waals surface area (Å²) in [5.74, 6) is -2.01. The minimum absolute atomic E-state index is 0.135. The van der Waals surface area contributed by atoms with Crippen molar-refractivity contribution in [3.05, 3.63) is 38.5 Å². The van der Waals surface area contributed by atoms with E-state index in [1.807, 2.05) is 6.92 Å². The molecule has 2 rings (SSSR count). The maximum atomic E-state index is 12.3. The van der Waals surface area contributed by atoms with Gasteiger partial charge in [0.05, 0.1) is 12.2 Å². The first kappa shape index (κ1) is 22.4. The van der Waals surface area contributed by atoms with Gasteiger partial charge in [0.2, 0.25) is 0 Å². The maximum absolute atomic E-state index is 12.3. The lowest BCUT2D eigenvalue weighted by Gasteiger charge is -2.08. The number of anilines is 1. The van der Waals surface area contributed by atoms with Crippen molar-refractivity contribution in [2.45, 2.75) is 41.5 Å². The number of aryl methyl sites for hydroxylation is 2. The number of esters is 2. The fourth-order valence-corrected chi connectivity index (χ4v) is 4.08. The van der Waals surface area contributed by atoms with Crippen molar-refractivity contribution in [1.29, 1.82) is 0 Å². The zero-order chi connectivity index (χ0) is 21.9. The van der Waals surface area contributed by atoms with Crippen LogP contribution in [0.3, 0.4) is 0 Å². The first-order valence-corrected chi connectivity index (χ1v) is 9.84. The van der Waals surface area contributed by atoms with Crippen molar-refractivity contribution < 1.29 is 28.7 Å². The number of carbonyl (C=O) groups is 4. The molecule has 0 saturated heterocycles. The molecule has 2 heterocycles. The molecule has 8 nitrogen and oxygen atoms in total. The van der Waals surface area contributed by atoms with E-state index in [0.29, 0.717) is 27.4 Å². The summed E-state index contributed by atoms with van der Waals surface area (Å²) in [7, 11) is 0. The number of ether oxygens (including phenoxy) is 2. The molecular formula is C20H24N2O6S. The molecule has 2 aromatic heterocycles. The third-order valence-corrected chi connectivity index (χ3v) is 5.57. The Hall–Kier alpha value is -2.94. The van der Waals surface area contributed by atoms with E-state index in [2.05, 4.69) is 10.3 Å². The second kappa shape index (κ2) is 9.04. The Labute approximate surface area is 172 Å². The topological polar surface area (TPSA) is 115 Å². The summed E-state index contributed by atoms with van der Waals surface area (Å²) in [5.41, 5.74) is 2.65. The molecule has 0 atom stereocenters. The number of thiophene rings is 1. The van der Waals surface area contributed by atoms with Gasteiger partial charge in [0.15, 0.2) is 12.4 Å². The Balaban J connectivity index is 2.09. The molecule has 0 spiro atoms. The van der Waals surface area contributed by atoms with Crippen molar-refractivity contribution in [2.75, 3.05) is 18.5 Å². The maximum Gasteiger partial charge on any atom is 0.355 e. The Morgan fingerprint density at radius 2 is 1.62 bits per heavy atom. The molecule has 9 heteroatoms. The number of aromatic amines is 1. The molecule has 0 aliphatic rings. The minimum Gasteiger partial charge on any atom is -0.462 e. The van der Waals surface area contributed by atoms with E-state index in [-0.39, 0.29) is 18.1 Å². The molecule has 0 aliphatic carbocycles. The van der Waals surface area contributed by atoms with E-state index >= 15 is 0 Å². The van der Waals surface area contributed by atoms with E-state index in [1.165, 1.54) is 18.3 Å². The first-order valence-electron chi connectivity index (χ1n) is 9.02. The number of Topliss-reactive ketones (excluding diaryl/α,β-unsaturated/α-hetero) is 1. The summed E-state index contributed by atoms with van der Waals surface area (Å²) in [6, 6.07) is 0. The van der Waals surface area contributed by atoms with Gasteiger partial charge in [0, 0.05) is 16.1 Å². The number of hydrogen-bond donors (Lipinski definition) is 2. The van der Waals surface area contributed by atoms with Gasteiger partial charge in [-0.15, -0.1) is 11.3 Å². The molecule has 2 aromatic rings. The average Bonchev–Trinajstić information content (AvgIpc) is 3.08. The van der Waals surface area contributed by atoms with Gasteiger partial charge in [-0.25, -0.2) is 9.59 Å². The largest absolute Gasteiger partial charge is 0.462 e. The molecule has 0 bridgehead atoms. The van der Waals surface area contributed by atoms with Gasteiger partial charge < -0.3 is 19.8 Å². The highest BCUT2D eigenvalue weighted by atomic mass is 32.1. The number of aromatic nitrogens is 1. The van der Waals surface area contributed by atoms with Crippen LogP contribution in [0.25, 0.3) is 0 Å². The van der Waals surface area contributed by atoms with Crippen LogP contribution in [0.5, 0.6) is 0 Å². The van der Waals surface area contributed by atoms with E-state index < -0.39 is 24.5 Å². The van der Waals surface area contributed by atoms with Crippen molar-refractivity contribution in [1.82, 2.24) is 4.98 Å². The Kier molecular flexibility index (Phi) is 6.97. The fraction of sp³-hybridized carbons (Fsp3) is 0.400. The van der Waals surface area contributed by atoms with Gasteiger partial charge in [0.25, 0.3) is 5.91 Å². The summed E-state index contributed by atoms with van der Waals surface area (Å²) in [6.07, 6.45) is 0. The van der Waals surface area contributed by atoms with Crippen LogP contribution in [-0.2, 0) is 14.3 Å². The highest BCUT2D eigenvalue weighted by Crippen LogP contribution is 2.33. The molecule has 2 N–H and O–H groups in total. The van der Waals surface area contributed by atoms with Gasteiger partial charge in [-0.3, -0.25) is 9.59 Å². The summed E-state index contributed by atoms with van der Waals surface area (Å²) in [6.45, 7) is 9.73. The SMILES string of the molecule is CCOC(=O)c1c(NC(=O)COC(=O)c2[nH]c(C)c(C(C)=O)c2C)sc(C)c1C. The fourth-order valence-electron chi connectivity index (χ4n) is 3.01. The smallest absolute Gasteiger partial charge is 0.355 e. The van der Waals surface area contributed by atoms with Crippen molar-refractivity contribution in [3.63, 3.8) is 0 Å². The van der Waals surface area contributed by atoms with Gasteiger partial charge >= 0.3 is 11.9 Å². The Morgan fingerprint density at radius 3 is 2.17 bits per heavy atom. The summed E-state index contributed by atoms with van der Waals surface area (Å²) >= 11 is 1.25. The van der Waals surface area contributed by atoms with Crippen molar-refractivity contribution in [3.8, 4) is 0 Å². The third-order valence-electron chi connectivity index (χ3n) is 4.45. The van der Waals surface area contributed by atoms with Gasteiger partial charge in [-0.1, -0.05) is 0 Å². The van der Waals surface area contributed by atoms with Crippen LogP contribution in [0.15, 0.2) is 0 Å². The van der Waals surface area contributed by atoms with E-state index in [1.54, 1.807) is 27.7 Å². The number of H-pyrrole nitrogens is 1. The summed E-state index contributed by atoms with van der Waals surface area (Å²) in [5, 5.41) is 2.96. The molecule has 0 aliphatic heterocycles. The number of nitrogens with one attached hydrogen (secondary N) is 2. The van der Waals surface area contributed by atoms with Gasteiger partial charge in [0.1, 0.15) is 10.7 Å². The van der Waals surface area contributed by atoms with Crippen LogP contribution in [0.4, 0.5) is 5.00 Å². The predicted molar refractivity (Wildman–Crippen MR) is 109 cm³/mol. The molecule has 0 saturated carbocycles. The zero-order valence-corrected chi connectivity index (χ0v) is 18.1. The second-order valence-corrected chi connectivity index (χ2v) is 7.74. The van der Waals surface area contributed by atoms with Crippen LogP contribution in [0, 0.1) is 27.7 Å². The highest BCUT2D eigenvalue weighted by Gasteiger charge is 2.24. The molecule has 1 amide bonds. The predicted octanol–water partition coefficient (Wildman–Crippen LogP) is 3.48. The van der Waals surface area contributed by atoms with Gasteiger partial charge in [-0.05, 0) is 52.7 Å². The Morgan fingerprint density at radius 1 is 0.966 bits per heavy atom. The number of carbonyl (C=O) groups excluding carboxylic acids is 4. The molecule has 29 heavy (non-hydrogen) atoms. The van der Waals surface area contributed by atoms with Crippen LogP contribution < -0.4 is 5.32 Å². The van der Waals surface area contributed by atoms with Crippen molar-refractivity contribution in [2.24, 2.45) is 0 Å². The number of amides is 1. The molecule has 0 unspecified atom stereocenters. The summed E-state index contributed by atoms with van der Waals surface area (Å²) < 4.78 is 10.1. The number of hydrogen-bond acceptors (Lipinski definition) is 7. The molecule has 0 fully saturated rings. The third kappa shape index (κ3) is 4.73. The number of ketones is 1.